The van der Waals surface area contributed by atoms with Gasteiger partial charge >= 0.3 is 0 Å². The van der Waals surface area contributed by atoms with Crippen molar-refractivity contribution in [3.05, 3.63) is 36.5 Å². The van der Waals surface area contributed by atoms with Crippen molar-refractivity contribution >= 4 is 5.82 Å². The van der Waals surface area contributed by atoms with Crippen molar-refractivity contribution in [3.63, 3.8) is 0 Å². The number of morpholine rings is 1. The Kier molecular flexibility index (Phi) is 2.80. The molecule has 1 saturated heterocycles. The van der Waals surface area contributed by atoms with Gasteiger partial charge in [-0.3, -0.25) is 5.10 Å². The Hall–Kier alpha value is -1.81. The quantitative estimate of drug-likeness (QED) is 0.850. The molecule has 0 unspecified atom stereocenters. The van der Waals surface area contributed by atoms with Crippen LogP contribution < -0.4 is 4.90 Å². The van der Waals surface area contributed by atoms with Crippen LogP contribution in [0.25, 0.3) is 11.1 Å². The third-order valence-electron chi connectivity index (χ3n) is 2.96. The summed E-state index contributed by atoms with van der Waals surface area (Å²) in [6.07, 6.45) is 3.03. The molecular formula is C13H14N3O. The van der Waals surface area contributed by atoms with Crippen LogP contribution in [-0.4, -0.2) is 36.5 Å². The molecule has 1 aromatic heterocycles. The van der Waals surface area contributed by atoms with E-state index in [4.69, 9.17) is 4.74 Å². The molecule has 3 rings (SSSR count). The number of hydrogen-bond donors (Lipinski definition) is 1. The number of rotatable bonds is 2. The number of hydrogen-bond acceptors (Lipinski definition) is 3. The van der Waals surface area contributed by atoms with Gasteiger partial charge in [-0.1, -0.05) is 30.3 Å². The SMILES string of the molecule is [c]1n[nH]c(N2CCOCC2)c1-c1ccccc1. The van der Waals surface area contributed by atoms with Crippen LogP contribution in [0.3, 0.4) is 0 Å². The van der Waals surface area contributed by atoms with Gasteiger partial charge in [0.15, 0.2) is 0 Å². The summed E-state index contributed by atoms with van der Waals surface area (Å²) in [7, 11) is 0. The van der Waals surface area contributed by atoms with Crippen LogP contribution in [0.1, 0.15) is 0 Å². The normalized spacial score (nSPS) is 16.1. The van der Waals surface area contributed by atoms with Crippen molar-refractivity contribution in [2.45, 2.75) is 0 Å². The third kappa shape index (κ3) is 2.03. The zero-order chi connectivity index (χ0) is 11.5. The first-order valence-corrected chi connectivity index (χ1v) is 5.79. The molecule has 17 heavy (non-hydrogen) atoms. The van der Waals surface area contributed by atoms with Crippen molar-refractivity contribution in [2.75, 3.05) is 31.2 Å². The standard InChI is InChI=1S/C13H14N3O/c1-2-4-11(5-3-1)12-10-14-15-13(12)16-6-8-17-9-7-16/h1-5H,6-9H2,(H,14,15). The van der Waals surface area contributed by atoms with E-state index < -0.39 is 0 Å². The first-order chi connectivity index (χ1) is 8.45. The van der Waals surface area contributed by atoms with Gasteiger partial charge in [0, 0.05) is 13.1 Å². The Morgan fingerprint density at radius 2 is 1.94 bits per heavy atom. The molecule has 0 spiro atoms. The second-order valence-corrected chi connectivity index (χ2v) is 4.02. The number of benzene rings is 1. The lowest BCUT2D eigenvalue weighted by molar-refractivity contribution is 0.122. The molecule has 0 aliphatic carbocycles. The molecule has 1 N–H and O–H groups in total. The summed E-state index contributed by atoms with van der Waals surface area (Å²) in [5, 5.41) is 7.08. The van der Waals surface area contributed by atoms with Crippen LogP contribution in [0.5, 0.6) is 0 Å². The van der Waals surface area contributed by atoms with Gasteiger partial charge in [-0.2, -0.15) is 5.10 Å². The number of aromatic amines is 1. The molecular weight excluding hydrogens is 214 g/mol. The Bertz CT molecular complexity index is 474. The maximum Gasteiger partial charge on any atom is 0.132 e. The second-order valence-electron chi connectivity index (χ2n) is 4.02. The fraction of sp³-hybridized carbons (Fsp3) is 0.308. The summed E-state index contributed by atoms with van der Waals surface area (Å²) >= 11 is 0. The minimum absolute atomic E-state index is 0.771. The Labute approximate surface area is 100 Å². The first-order valence-electron chi connectivity index (χ1n) is 5.79. The summed E-state index contributed by atoms with van der Waals surface area (Å²) < 4.78 is 5.36. The van der Waals surface area contributed by atoms with Gasteiger partial charge < -0.3 is 9.64 Å². The molecule has 2 heterocycles. The van der Waals surface area contributed by atoms with Crippen LogP contribution in [0, 0.1) is 6.20 Å². The van der Waals surface area contributed by atoms with Crippen LogP contribution in [0.4, 0.5) is 5.82 Å². The number of anilines is 1. The van der Waals surface area contributed by atoms with Crippen molar-refractivity contribution in [1.29, 1.82) is 0 Å². The van der Waals surface area contributed by atoms with E-state index in [9.17, 15) is 0 Å². The second kappa shape index (κ2) is 4.59. The molecule has 0 amide bonds. The summed E-state index contributed by atoms with van der Waals surface area (Å²) in [5.41, 5.74) is 2.18. The average Bonchev–Trinajstić information content (AvgIpc) is 2.90. The molecule has 0 atom stereocenters. The van der Waals surface area contributed by atoms with Crippen molar-refractivity contribution in [1.82, 2.24) is 10.2 Å². The van der Waals surface area contributed by atoms with Crippen LogP contribution in [-0.2, 0) is 4.74 Å². The van der Waals surface area contributed by atoms with E-state index >= 15 is 0 Å². The maximum absolute atomic E-state index is 5.36. The lowest BCUT2D eigenvalue weighted by Gasteiger charge is -2.28. The van der Waals surface area contributed by atoms with E-state index in [2.05, 4.69) is 33.4 Å². The smallest absolute Gasteiger partial charge is 0.132 e. The molecule has 87 valence electrons. The Morgan fingerprint density at radius 1 is 1.18 bits per heavy atom. The molecule has 4 heteroatoms. The Balaban J connectivity index is 1.93. The number of ether oxygens (including phenoxy) is 1. The van der Waals surface area contributed by atoms with E-state index in [0.29, 0.717) is 0 Å². The molecule has 1 aromatic carbocycles. The summed E-state index contributed by atoms with van der Waals surface area (Å²) in [6.45, 7) is 3.34. The van der Waals surface area contributed by atoms with E-state index in [1.807, 2.05) is 18.2 Å². The summed E-state index contributed by atoms with van der Waals surface area (Å²) in [6, 6.07) is 10.2. The van der Waals surface area contributed by atoms with Gasteiger partial charge in [0.25, 0.3) is 0 Å². The van der Waals surface area contributed by atoms with Gasteiger partial charge in [-0.25, -0.2) is 0 Å². The fourth-order valence-electron chi connectivity index (χ4n) is 2.07. The molecule has 0 saturated carbocycles. The third-order valence-corrected chi connectivity index (χ3v) is 2.96. The number of H-pyrrole nitrogens is 1. The van der Waals surface area contributed by atoms with Crippen LogP contribution >= 0.6 is 0 Å². The number of nitrogens with zero attached hydrogens (tertiary/aromatic N) is 2. The van der Waals surface area contributed by atoms with Gasteiger partial charge in [0.1, 0.15) is 12.0 Å². The van der Waals surface area contributed by atoms with Crippen LogP contribution in [0.2, 0.25) is 0 Å². The number of nitrogens with one attached hydrogen (secondary N) is 1. The van der Waals surface area contributed by atoms with Crippen LogP contribution in [0.15, 0.2) is 30.3 Å². The largest absolute Gasteiger partial charge is 0.378 e. The average molecular weight is 228 g/mol. The lowest BCUT2D eigenvalue weighted by atomic mass is 10.1. The topological polar surface area (TPSA) is 41.2 Å². The zero-order valence-electron chi connectivity index (χ0n) is 9.52. The number of aromatic nitrogens is 2. The summed E-state index contributed by atoms with van der Waals surface area (Å²) in [5.74, 6) is 1.04. The first kappa shape index (κ1) is 10.4. The van der Waals surface area contributed by atoms with Crippen molar-refractivity contribution in [2.24, 2.45) is 0 Å². The van der Waals surface area contributed by atoms with Gasteiger partial charge in [-0.05, 0) is 5.56 Å². The molecule has 1 aliphatic heterocycles. The fourth-order valence-corrected chi connectivity index (χ4v) is 2.07. The van der Waals surface area contributed by atoms with Gasteiger partial charge in [0.2, 0.25) is 0 Å². The molecule has 1 aliphatic rings. The van der Waals surface area contributed by atoms with Gasteiger partial charge in [-0.15, -0.1) is 0 Å². The lowest BCUT2D eigenvalue weighted by Crippen LogP contribution is -2.36. The highest BCUT2D eigenvalue weighted by molar-refractivity contribution is 5.74. The molecule has 1 radical (unpaired) electrons. The molecule has 1 fully saturated rings. The monoisotopic (exact) mass is 228 g/mol. The maximum atomic E-state index is 5.36. The minimum Gasteiger partial charge on any atom is -0.378 e. The van der Waals surface area contributed by atoms with E-state index in [1.165, 1.54) is 0 Å². The predicted octanol–water partition coefficient (Wildman–Crippen LogP) is 1.71. The van der Waals surface area contributed by atoms with E-state index in [0.717, 1.165) is 43.2 Å². The minimum atomic E-state index is 0.771. The van der Waals surface area contributed by atoms with Crippen molar-refractivity contribution < 1.29 is 4.74 Å². The highest BCUT2D eigenvalue weighted by Gasteiger charge is 2.17. The van der Waals surface area contributed by atoms with Gasteiger partial charge in [0.05, 0.1) is 18.8 Å². The summed E-state index contributed by atoms with van der Waals surface area (Å²) in [4.78, 5) is 2.26. The zero-order valence-corrected chi connectivity index (χ0v) is 9.52. The van der Waals surface area contributed by atoms with E-state index in [1.54, 1.807) is 0 Å². The molecule has 0 bridgehead atoms. The highest BCUT2D eigenvalue weighted by Crippen LogP contribution is 2.28. The molecule has 4 nitrogen and oxygen atoms in total. The van der Waals surface area contributed by atoms with E-state index in [-0.39, 0.29) is 0 Å². The van der Waals surface area contributed by atoms with Crippen molar-refractivity contribution in [3.8, 4) is 11.1 Å². The predicted molar refractivity (Wildman–Crippen MR) is 65.9 cm³/mol. The highest BCUT2D eigenvalue weighted by atomic mass is 16.5. The molecule has 2 aromatic rings. The Morgan fingerprint density at radius 3 is 2.71 bits per heavy atom.